The van der Waals surface area contributed by atoms with Crippen molar-refractivity contribution in [2.45, 2.75) is 13.8 Å². The average molecular weight is 311 g/mol. The van der Waals surface area contributed by atoms with Crippen LogP contribution >= 0.6 is 0 Å². The van der Waals surface area contributed by atoms with Gasteiger partial charge in [0.15, 0.2) is 0 Å². The first-order chi connectivity index (χ1) is 11.0. The smallest absolute Gasteiger partial charge is 0.269 e. The monoisotopic (exact) mass is 311 g/mol. The SMILES string of the molecule is CCNC(=O)/C(N)=C(\N)c1cccc(-c2cnccc2C)c1N. The normalized spacial score (nSPS) is 11.7. The Morgan fingerprint density at radius 3 is 2.61 bits per heavy atom. The molecule has 0 spiro atoms. The van der Waals surface area contributed by atoms with Gasteiger partial charge in [0.2, 0.25) is 0 Å². The number of carbonyl (C=O) groups excluding carboxylic acids is 1. The molecule has 1 aromatic heterocycles. The van der Waals surface area contributed by atoms with Gasteiger partial charge in [-0.2, -0.15) is 0 Å². The molecule has 0 bridgehead atoms. The molecule has 120 valence electrons. The third-order valence-electron chi connectivity index (χ3n) is 3.60. The molecule has 23 heavy (non-hydrogen) atoms. The molecule has 0 unspecified atom stereocenters. The van der Waals surface area contributed by atoms with Gasteiger partial charge in [0.25, 0.3) is 5.91 Å². The second-order valence-corrected chi connectivity index (χ2v) is 5.14. The van der Waals surface area contributed by atoms with Crippen LogP contribution in [0.1, 0.15) is 18.1 Å². The van der Waals surface area contributed by atoms with Crippen LogP contribution in [0.25, 0.3) is 16.8 Å². The van der Waals surface area contributed by atoms with Gasteiger partial charge in [0.1, 0.15) is 5.70 Å². The summed E-state index contributed by atoms with van der Waals surface area (Å²) < 4.78 is 0. The maximum absolute atomic E-state index is 11.9. The van der Waals surface area contributed by atoms with Crippen molar-refractivity contribution in [2.75, 3.05) is 12.3 Å². The third kappa shape index (κ3) is 3.26. The molecule has 6 nitrogen and oxygen atoms in total. The van der Waals surface area contributed by atoms with Crippen LogP contribution in [0.3, 0.4) is 0 Å². The number of nitrogens with zero attached hydrogens (tertiary/aromatic N) is 1. The first-order valence-corrected chi connectivity index (χ1v) is 7.30. The van der Waals surface area contributed by atoms with Crippen LogP contribution < -0.4 is 22.5 Å². The molecule has 0 fully saturated rings. The highest BCUT2D eigenvalue weighted by molar-refractivity contribution is 6.01. The lowest BCUT2D eigenvalue weighted by molar-refractivity contribution is -0.117. The number of anilines is 1. The predicted octanol–water partition coefficient (Wildman–Crippen LogP) is 1.36. The van der Waals surface area contributed by atoms with Crippen molar-refractivity contribution in [3.05, 3.63) is 53.5 Å². The quantitative estimate of drug-likeness (QED) is 0.502. The minimum atomic E-state index is -0.410. The second kappa shape index (κ2) is 6.83. The summed E-state index contributed by atoms with van der Waals surface area (Å²) in [4.78, 5) is 16.0. The maximum atomic E-state index is 11.9. The summed E-state index contributed by atoms with van der Waals surface area (Å²) in [6.45, 7) is 4.25. The molecule has 1 heterocycles. The zero-order valence-corrected chi connectivity index (χ0v) is 13.3. The van der Waals surface area contributed by atoms with Crippen LogP contribution in [0.4, 0.5) is 5.69 Å². The number of aromatic nitrogens is 1. The van der Waals surface area contributed by atoms with Crippen molar-refractivity contribution in [1.82, 2.24) is 10.3 Å². The number of nitrogen functional groups attached to an aromatic ring is 1. The van der Waals surface area contributed by atoms with Crippen molar-refractivity contribution in [2.24, 2.45) is 11.5 Å². The fourth-order valence-corrected chi connectivity index (χ4v) is 2.30. The van der Waals surface area contributed by atoms with Crippen LogP contribution in [-0.2, 0) is 4.79 Å². The summed E-state index contributed by atoms with van der Waals surface area (Å²) >= 11 is 0. The summed E-state index contributed by atoms with van der Waals surface area (Å²) in [5.41, 5.74) is 22.0. The van der Waals surface area contributed by atoms with E-state index < -0.39 is 5.91 Å². The molecule has 0 aliphatic carbocycles. The number of benzene rings is 1. The molecule has 1 aromatic carbocycles. The predicted molar refractivity (Wildman–Crippen MR) is 92.8 cm³/mol. The molecular formula is C17H21N5O. The van der Waals surface area contributed by atoms with Gasteiger partial charge >= 0.3 is 0 Å². The number of aryl methyl sites for hydroxylation is 1. The number of hydrogen-bond acceptors (Lipinski definition) is 5. The van der Waals surface area contributed by atoms with Crippen molar-refractivity contribution in [3.63, 3.8) is 0 Å². The van der Waals surface area contributed by atoms with Crippen LogP contribution in [0, 0.1) is 6.92 Å². The average Bonchev–Trinajstić information content (AvgIpc) is 2.55. The number of nitrogens with two attached hydrogens (primary N) is 3. The number of amides is 1. The third-order valence-corrected chi connectivity index (χ3v) is 3.60. The maximum Gasteiger partial charge on any atom is 0.269 e. The van der Waals surface area contributed by atoms with Crippen LogP contribution in [0.5, 0.6) is 0 Å². The van der Waals surface area contributed by atoms with Crippen molar-refractivity contribution >= 4 is 17.3 Å². The molecule has 0 aliphatic heterocycles. The van der Waals surface area contributed by atoms with E-state index in [0.717, 1.165) is 16.7 Å². The number of rotatable bonds is 4. The lowest BCUT2D eigenvalue weighted by Crippen LogP contribution is -2.30. The fraction of sp³-hybridized carbons (Fsp3) is 0.176. The van der Waals surface area contributed by atoms with Gasteiger partial charge < -0.3 is 22.5 Å². The molecule has 2 rings (SSSR count). The molecular weight excluding hydrogens is 290 g/mol. The first-order valence-electron chi connectivity index (χ1n) is 7.30. The molecule has 0 aliphatic rings. The summed E-state index contributed by atoms with van der Waals surface area (Å²) in [5.74, 6) is -0.410. The Bertz CT molecular complexity index is 767. The molecule has 7 N–H and O–H groups in total. The molecule has 0 saturated carbocycles. The molecule has 2 aromatic rings. The van der Waals surface area contributed by atoms with E-state index in [1.165, 1.54) is 0 Å². The number of nitrogens with one attached hydrogen (secondary N) is 1. The van der Waals surface area contributed by atoms with E-state index in [1.807, 2.05) is 32.0 Å². The first kappa shape index (κ1) is 16.4. The molecule has 0 saturated heterocycles. The Morgan fingerprint density at radius 1 is 1.22 bits per heavy atom. The number of carbonyl (C=O) groups is 1. The number of para-hydroxylation sites is 1. The minimum Gasteiger partial charge on any atom is -0.398 e. The summed E-state index contributed by atoms with van der Waals surface area (Å²) in [7, 11) is 0. The minimum absolute atomic E-state index is 0.0430. The molecule has 1 amide bonds. The summed E-state index contributed by atoms with van der Waals surface area (Å²) in [6, 6.07) is 7.36. The van der Waals surface area contributed by atoms with Gasteiger partial charge in [-0.25, -0.2) is 0 Å². The number of pyridine rings is 1. The second-order valence-electron chi connectivity index (χ2n) is 5.14. The highest BCUT2D eigenvalue weighted by Crippen LogP contribution is 2.32. The lowest BCUT2D eigenvalue weighted by atomic mass is 9.97. The topological polar surface area (TPSA) is 120 Å². The van der Waals surface area contributed by atoms with Crippen molar-refractivity contribution in [1.29, 1.82) is 0 Å². The molecule has 6 heteroatoms. The zero-order chi connectivity index (χ0) is 17.0. The van der Waals surface area contributed by atoms with Crippen LogP contribution in [0.2, 0.25) is 0 Å². The Morgan fingerprint density at radius 2 is 1.96 bits per heavy atom. The van der Waals surface area contributed by atoms with Crippen LogP contribution in [0.15, 0.2) is 42.4 Å². The molecule has 0 atom stereocenters. The highest BCUT2D eigenvalue weighted by Gasteiger charge is 2.15. The van der Waals surface area contributed by atoms with E-state index in [9.17, 15) is 4.79 Å². The number of hydrogen-bond donors (Lipinski definition) is 4. The fourth-order valence-electron chi connectivity index (χ4n) is 2.30. The Labute approximate surface area is 135 Å². The van der Waals surface area contributed by atoms with Gasteiger partial charge in [0.05, 0.1) is 5.70 Å². The largest absolute Gasteiger partial charge is 0.398 e. The lowest BCUT2D eigenvalue weighted by Gasteiger charge is -2.14. The van der Waals surface area contributed by atoms with E-state index in [-0.39, 0.29) is 11.4 Å². The van der Waals surface area contributed by atoms with Gasteiger partial charge in [-0.3, -0.25) is 9.78 Å². The Hall–Kier alpha value is -3.02. The van der Waals surface area contributed by atoms with Crippen LogP contribution in [-0.4, -0.2) is 17.4 Å². The highest BCUT2D eigenvalue weighted by atomic mass is 16.1. The Kier molecular flexibility index (Phi) is 4.85. The van der Waals surface area contributed by atoms with Gasteiger partial charge in [-0.1, -0.05) is 18.2 Å². The number of likely N-dealkylation sites (N-methyl/N-ethyl adjacent to an activating group) is 1. The van der Waals surface area contributed by atoms with Gasteiger partial charge in [-0.15, -0.1) is 0 Å². The van der Waals surface area contributed by atoms with E-state index in [4.69, 9.17) is 17.2 Å². The molecule has 0 radical (unpaired) electrons. The van der Waals surface area contributed by atoms with E-state index in [2.05, 4.69) is 10.3 Å². The van der Waals surface area contributed by atoms with Gasteiger partial charge in [-0.05, 0) is 25.5 Å². The summed E-state index contributed by atoms with van der Waals surface area (Å²) in [5, 5.41) is 2.62. The van der Waals surface area contributed by atoms with E-state index >= 15 is 0 Å². The van der Waals surface area contributed by atoms with Crippen molar-refractivity contribution < 1.29 is 4.79 Å². The summed E-state index contributed by atoms with van der Waals surface area (Å²) in [6.07, 6.45) is 3.47. The standard InChI is InChI=1S/C17H21N5O/c1-3-22-17(23)16(20)15(19)12-6-4-5-11(14(12)18)13-9-21-8-7-10(13)2/h4-9H,3,18-20H2,1-2H3,(H,22,23)/b16-15+. The van der Waals surface area contributed by atoms with Crippen molar-refractivity contribution in [3.8, 4) is 11.1 Å². The van der Waals surface area contributed by atoms with Gasteiger partial charge in [0, 0.05) is 41.3 Å². The van der Waals surface area contributed by atoms with E-state index in [0.29, 0.717) is 17.8 Å². The van der Waals surface area contributed by atoms with E-state index in [1.54, 1.807) is 18.5 Å². The Balaban J connectivity index is 2.55. The zero-order valence-electron chi connectivity index (χ0n) is 13.3.